The molecule has 0 N–H and O–H groups in total. The number of fused-ring (bicyclic) bond motifs is 2. The number of likely N-dealkylation sites (N-methyl/N-ethyl adjacent to an activating group) is 1. The number of rotatable bonds is 1. The van der Waals surface area contributed by atoms with E-state index in [1.165, 1.54) is 45.2 Å². The molecule has 1 aliphatic carbocycles. The maximum atomic E-state index is 2.82. The van der Waals surface area contributed by atoms with E-state index < -0.39 is 0 Å². The third kappa shape index (κ3) is 1.23. The Balaban J connectivity index is 1.68. The Morgan fingerprint density at radius 1 is 0.923 bits per heavy atom. The van der Waals surface area contributed by atoms with Crippen molar-refractivity contribution in [2.75, 3.05) is 20.1 Å². The summed E-state index contributed by atoms with van der Waals surface area (Å²) in [6.07, 6.45) is 7.37. The Kier molecular flexibility index (Phi) is 1.88. The van der Waals surface area contributed by atoms with Crippen LogP contribution in [-0.4, -0.2) is 48.1 Å². The second-order valence-electron chi connectivity index (χ2n) is 5.12. The largest absolute Gasteiger partial charge is 0.301 e. The minimum Gasteiger partial charge on any atom is -0.301 e. The summed E-state index contributed by atoms with van der Waals surface area (Å²) in [4.78, 5) is 5.37. The van der Waals surface area contributed by atoms with Crippen molar-refractivity contribution in [1.82, 2.24) is 9.80 Å². The highest BCUT2D eigenvalue weighted by molar-refractivity contribution is 5.01. The highest BCUT2D eigenvalue weighted by Crippen LogP contribution is 2.35. The van der Waals surface area contributed by atoms with Gasteiger partial charge in [0, 0.05) is 31.2 Å². The van der Waals surface area contributed by atoms with E-state index in [-0.39, 0.29) is 0 Å². The molecule has 1 saturated carbocycles. The molecule has 0 aromatic heterocycles. The van der Waals surface area contributed by atoms with Gasteiger partial charge >= 0.3 is 0 Å². The lowest BCUT2D eigenvalue weighted by atomic mass is 10.2. The fourth-order valence-corrected chi connectivity index (χ4v) is 3.58. The van der Waals surface area contributed by atoms with Gasteiger partial charge in [-0.1, -0.05) is 12.8 Å². The molecule has 13 heavy (non-hydrogen) atoms. The molecule has 2 heteroatoms. The van der Waals surface area contributed by atoms with Crippen molar-refractivity contribution in [2.45, 2.75) is 50.2 Å². The molecular weight excluding hydrogens is 160 g/mol. The molecule has 3 aliphatic rings. The minimum absolute atomic E-state index is 0.894. The van der Waals surface area contributed by atoms with E-state index in [1.807, 2.05) is 0 Å². The van der Waals surface area contributed by atoms with Crippen LogP contribution in [0.4, 0.5) is 0 Å². The maximum absolute atomic E-state index is 2.82. The van der Waals surface area contributed by atoms with Gasteiger partial charge in [0.05, 0.1) is 0 Å². The van der Waals surface area contributed by atoms with Gasteiger partial charge in [-0.15, -0.1) is 0 Å². The summed E-state index contributed by atoms with van der Waals surface area (Å²) in [5.41, 5.74) is 0. The van der Waals surface area contributed by atoms with Gasteiger partial charge in [-0.05, 0) is 26.3 Å². The molecule has 3 rings (SSSR count). The van der Waals surface area contributed by atoms with Gasteiger partial charge in [0.15, 0.2) is 0 Å². The van der Waals surface area contributed by atoms with Crippen LogP contribution in [0.2, 0.25) is 0 Å². The van der Waals surface area contributed by atoms with Crippen molar-refractivity contribution in [3.63, 3.8) is 0 Å². The lowest BCUT2D eigenvalue weighted by Crippen LogP contribution is -2.48. The van der Waals surface area contributed by atoms with Gasteiger partial charge in [-0.2, -0.15) is 0 Å². The predicted octanol–water partition coefficient (Wildman–Crippen LogP) is 1.32. The summed E-state index contributed by atoms with van der Waals surface area (Å²) in [5, 5.41) is 0. The van der Waals surface area contributed by atoms with Crippen molar-refractivity contribution in [3.05, 3.63) is 0 Å². The number of piperazine rings is 1. The van der Waals surface area contributed by atoms with Gasteiger partial charge in [-0.3, -0.25) is 4.90 Å². The highest BCUT2D eigenvalue weighted by atomic mass is 15.3. The molecule has 2 bridgehead atoms. The summed E-state index contributed by atoms with van der Waals surface area (Å²) in [6, 6.07) is 2.77. The van der Waals surface area contributed by atoms with Crippen molar-refractivity contribution >= 4 is 0 Å². The van der Waals surface area contributed by atoms with Crippen molar-refractivity contribution in [1.29, 1.82) is 0 Å². The van der Waals surface area contributed by atoms with Crippen LogP contribution in [0.5, 0.6) is 0 Å². The third-order valence-electron chi connectivity index (χ3n) is 4.35. The molecule has 0 spiro atoms. The van der Waals surface area contributed by atoms with E-state index in [0.29, 0.717) is 0 Å². The van der Waals surface area contributed by atoms with Crippen LogP contribution < -0.4 is 0 Å². The van der Waals surface area contributed by atoms with Gasteiger partial charge in [-0.25, -0.2) is 0 Å². The first-order valence-electron chi connectivity index (χ1n) is 5.80. The van der Waals surface area contributed by atoms with Crippen LogP contribution in [-0.2, 0) is 0 Å². The molecule has 0 unspecified atom stereocenters. The first-order chi connectivity index (χ1) is 6.34. The summed E-state index contributed by atoms with van der Waals surface area (Å²) in [6.45, 7) is 2.70. The van der Waals surface area contributed by atoms with Crippen molar-refractivity contribution in [3.8, 4) is 0 Å². The minimum atomic E-state index is 0.894. The molecule has 2 atom stereocenters. The summed E-state index contributed by atoms with van der Waals surface area (Å²) in [5.74, 6) is 0. The van der Waals surface area contributed by atoms with Crippen molar-refractivity contribution in [2.24, 2.45) is 0 Å². The zero-order valence-corrected chi connectivity index (χ0v) is 8.58. The molecule has 2 aliphatic heterocycles. The van der Waals surface area contributed by atoms with E-state index in [0.717, 1.165) is 18.1 Å². The third-order valence-corrected chi connectivity index (χ3v) is 4.35. The van der Waals surface area contributed by atoms with Gasteiger partial charge < -0.3 is 4.90 Å². The van der Waals surface area contributed by atoms with Gasteiger partial charge in [0.25, 0.3) is 0 Å². The monoisotopic (exact) mass is 180 g/mol. The zero-order valence-electron chi connectivity index (χ0n) is 8.58. The fraction of sp³-hybridized carbons (Fsp3) is 1.00. The topological polar surface area (TPSA) is 6.48 Å². The van der Waals surface area contributed by atoms with E-state index in [2.05, 4.69) is 16.8 Å². The first kappa shape index (κ1) is 8.25. The quantitative estimate of drug-likeness (QED) is 0.600. The Bertz CT molecular complexity index is 196. The predicted molar refractivity (Wildman–Crippen MR) is 53.8 cm³/mol. The lowest BCUT2D eigenvalue weighted by molar-refractivity contribution is 0.108. The van der Waals surface area contributed by atoms with Crippen LogP contribution in [0.25, 0.3) is 0 Å². The normalized spacial score (nSPS) is 42.2. The molecule has 3 fully saturated rings. The smallest absolute Gasteiger partial charge is 0.0242 e. The van der Waals surface area contributed by atoms with Crippen LogP contribution in [0.15, 0.2) is 0 Å². The summed E-state index contributed by atoms with van der Waals surface area (Å²) >= 11 is 0. The van der Waals surface area contributed by atoms with E-state index in [1.54, 1.807) is 0 Å². The van der Waals surface area contributed by atoms with Crippen LogP contribution in [0.1, 0.15) is 32.1 Å². The average molecular weight is 180 g/mol. The number of nitrogens with zero attached hydrogens (tertiary/aromatic N) is 2. The average Bonchev–Trinajstić information content (AvgIpc) is 2.75. The molecule has 74 valence electrons. The molecule has 0 amide bonds. The van der Waals surface area contributed by atoms with Crippen LogP contribution >= 0.6 is 0 Å². The van der Waals surface area contributed by atoms with Crippen molar-refractivity contribution < 1.29 is 0 Å². The first-order valence-corrected chi connectivity index (χ1v) is 5.80. The molecule has 0 radical (unpaired) electrons. The standard InChI is InChI=1S/C11H20N2/c1-12-7-11-6-10(12)8-13(11)9-4-2-3-5-9/h9-11H,2-8H2,1H3/t10-,11-/m0/s1. The summed E-state index contributed by atoms with van der Waals surface area (Å²) < 4.78 is 0. The Morgan fingerprint density at radius 2 is 1.69 bits per heavy atom. The molecule has 0 aromatic rings. The number of likely N-dealkylation sites (tertiary alicyclic amines) is 2. The molecule has 2 heterocycles. The lowest BCUT2D eigenvalue weighted by Gasteiger charge is -2.36. The Morgan fingerprint density at radius 3 is 2.23 bits per heavy atom. The fourth-order valence-electron chi connectivity index (χ4n) is 3.58. The van der Waals surface area contributed by atoms with Gasteiger partial charge in [0.2, 0.25) is 0 Å². The van der Waals surface area contributed by atoms with E-state index in [4.69, 9.17) is 0 Å². The molecule has 0 aromatic carbocycles. The Hall–Kier alpha value is -0.0800. The molecule has 2 nitrogen and oxygen atoms in total. The molecule has 2 saturated heterocycles. The second kappa shape index (κ2) is 2.96. The number of hydrogen-bond acceptors (Lipinski definition) is 2. The maximum Gasteiger partial charge on any atom is 0.0242 e. The van der Waals surface area contributed by atoms with Gasteiger partial charge in [0.1, 0.15) is 0 Å². The number of hydrogen-bond donors (Lipinski definition) is 0. The zero-order chi connectivity index (χ0) is 8.84. The van der Waals surface area contributed by atoms with E-state index >= 15 is 0 Å². The highest BCUT2D eigenvalue weighted by Gasteiger charge is 2.44. The second-order valence-corrected chi connectivity index (χ2v) is 5.12. The van der Waals surface area contributed by atoms with E-state index in [9.17, 15) is 0 Å². The molecular formula is C11H20N2. The van der Waals surface area contributed by atoms with Crippen LogP contribution in [0.3, 0.4) is 0 Å². The SMILES string of the molecule is CN1C[C@@H]2C[C@H]1CN2C1CCCC1. The Labute approximate surface area is 80.9 Å². The summed E-state index contributed by atoms with van der Waals surface area (Å²) in [7, 11) is 2.29. The van der Waals surface area contributed by atoms with Crippen LogP contribution in [0, 0.1) is 0 Å².